The molecule has 0 bridgehead atoms. The van der Waals surface area contributed by atoms with E-state index in [9.17, 15) is 9.59 Å². The van der Waals surface area contributed by atoms with Crippen molar-refractivity contribution in [3.63, 3.8) is 0 Å². The predicted molar refractivity (Wildman–Crippen MR) is 126 cm³/mol. The molecular weight excluding hydrogens is 447 g/mol. The maximum Gasteiger partial charge on any atom is 0.255 e. The van der Waals surface area contributed by atoms with Crippen LogP contribution in [-0.2, 0) is 9.59 Å². The fourth-order valence-electron chi connectivity index (χ4n) is 4.22. The third kappa shape index (κ3) is 3.44. The van der Waals surface area contributed by atoms with E-state index in [1.807, 2.05) is 30.3 Å². The molecule has 7 heteroatoms. The highest BCUT2D eigenvalue weighted by molar-refractivity contribution is 6.31. The Morgan fingerprint density at radius 3 is 2.47 bits per heavy atom. The predicted octanol–water partition coefficient (Wildman–Crippen LogP) is 5.58. The van der Waals surface area contributed by atoms with E-state index in [1.54, 1.807) is 48.5 Å². The number of nitrogens with zero attached hydrogens (tertiary/aromatic N) is 1. The van der Waals surface area contributed by atoms with Gasteiger partial charge in [0.25, 0.3) is 5.91 Å². The first-order valence-electron chi connectivity index (χ1n) is 10.1. The number of amides is 2. The van der Waals surface area contributed by atoms with E-state index in [-0.39, 0.29) is 24.8 Å². The second-order valence-corrected chi connectivity index (χ2v) is 8.58. The standard InChI is InChI=1S/C25H18Cl2N2O3/c26-18-6-3-8-20(12-18)28-24(31)25(17-11-16-5-1-2-10-22(16)32-15-17)14-23(30)29(25)21-9-4-7-19(27)13-21/h1-13H,14-15H2,(H,28,31). The highest BCUT2D eigenvalue weighted by Crippen LogP contribution is 2.46. The van der Waals surface area contributed by atoms with Crippen molar-refractivity contribution >= 4 is 52.5 Å². The summed E-state index contributed by atoms with van der Waals surface area (Å²) in [6.45, 7) is 0.185. The zero-order chi connectivity index (χ0) is 22.3. The Hall–Kier alpha value is -3.28. The molecule has 3 aromatic rings. The minimum absolute atomic E-state index is 0.0171. The van der Waals surface area contributed by atoms with Gasteiger partial charge in [0.1, 0.15) is 12.4 Å². The van der Waals surface area contributed by atoms with Crippen molar-refractivity contribution in [2.75, 3.05) is 16.8 Å². The van der Waals surface area contributed by atoms with Crippen LogP contribution >= 0.6 is 23.2 Å². The first-order chi connectivity index (χ1) is 15.5. The summed E-state index contributed by atoms with van der Waals surface area (Å²) in [5, 5.41) is 3.91. The first kappa shape index (κ1) is 20.6. The Balaban J connectivity index is 1.62. The largest absolute Gasteiger partial charge is 0.489 e. The maximum absolute atomic E-state index is 13.8. The van der Waals surface area contributed by atoms with Crippen molar-refractivity contribution in [2.24, 2.45) is 0 Å². The quantitative estimate of drug-likeness (QED) is 0.512. The van der Waals surface area contributed by atoms with Crippen LogP contribution in [0.5, 0.6) is 5.75 Å². The van der Waals surface area contributed by atoms with Gasteiger partial charge in [0, 0.05) is 32.6 Å². The van der Waals surface area contributed by atoms with E-state index in [4.69, 9.17) is 27.9 Å². The molecule has 0 spiro atoms. The number of rotatable bonds is 4. The highest BCUT2D eigenvalue weighted by Gasteiger charge is 2.60. The number of nitrogens with one attached hydrogen (secondary N) is 1. The molecule has 160 valence electrons. The lowest BCUT2D eigenvalue weighted by molar-refractivity contribution is -0.135. The fourth-order valence-corrected chi connectivity index (χ4v) is 4.59. The number of fused-ring (bicyclic) bond motifs is 1. The van der Waals surface area contributed by atoms with Crippen LogP contribution in [0.3, 0.4) is 0 Å². The normalized spacial score (nSPS) is 19.4. The summed E-state index contributed by atoms with van der Waals surface area (Å²) in [6, 6.07) is 21.4. The monoisotopic (exact) mass is 464 g/mol. The van der Waals surface area contributed by atoms with Gasteiger partial charge in [-0.1, -0.05) is 53.5 Å². The first-order valence-corrected chi connectivity index (χ1v) is 10.8. The molecule has 1 unspecified atom stereocenters. The van der Waals surface area contributed by atoms with Crippen molar-refractivity contribution in [3.8, 4) is 5.75 Å². The second kappa shape index (κ2) is 8.01. The van der Waals surface area contributed by atoms with Crippen LogP contribution in [0.25, 0.3) is 6.08 Å². The third-order valence-corrected chi connectivity index (χ3v) is 6.20. The number of carbonyl (C=O) groups is 2. The van der Waals surface area contributed by atoms with Crippen LogP contribution in [0.2, 0.25) is 10.0 Å². The van der Waals surface area contributed by atoms with E-state index in [0.29, 0.717) is 27.0 Å². The Morgan fingerprint density at radius 2 is 1.72 bits per heavy atom. The van der Waals surface area contributed by atoms with Gasteiger partial charge in [0.05, 0.1) is 6.42 Å². The Bertz CT molecular complexity index is 1270. The van der Waals surface area contributed by atoms with Crippen LogP contribution in [0.4, 0.5) is 11.4 Å². The lowest BCUT2D eigenvalue weighted by Crippen LogP contribution is -2.71. The fraction of sp³-hybridized carbons (Fsp3) is 0.120. The van der Waals surface area contributed by atoms with Gasteiger partial charge >= 0.3 is 0 Å². The van der Waals surface area contributed by atoms with Crippen molar-refractivity contribution < 1.29 is 14.3 Å². The molecule has 32 heavy (non-hydrogen) atoms. The lowest BCUT2D eigenvalue weighted by Gasteiger charge is -2.52. The molecule has 2 aliphatic rings. The van der Waals surface area contributed by atoms with E-state index < -0.39 is 5.54 Å². The van der Waals surface area contributed by atoms with Crippen molar-refractivity contribution in [1.29, 1.82) is 0 Å². The number of ether oxygens (including phenoxy) is 1. The molecular formula is C25H18Cl2N2O3. The van der Waals surface area contributed by atoms with Crippen molar-refractivity contribution in [2.45, 2.75) is 12.0 Å². The Kier molecular flexibility index (Phi) is 5.16. The topological polar surface area (TPSA) is 58.6 Å². The van der Waals surface area contributed by atoms with Gasteiger partial charge in [0.15, 0.2) is 5.54 Å². The van der Waals surface area contributed by atoms with Crippen LogP contribution in [0, 0.1) is 0 Å². The summed E-state index contributed by atoms with van der Waals surface area (Å²) < 4.78 is 5.95. The molecule has 3 aromatic carbocycles. The molecule has 2 amide bonds. The molecule has 1 saturated heterocycles. The minimum atomic E-state index is -1.25. The highest BCUT2D eigenvalue weighted by atomic mass is 35.5. The molecule has 1 fully saturated rings. The Morgan fingerprint density at radius 1 is 0.969 bits per heavy atom. The van der Waals surface area contributed by atoms with E-state index in [0.717, 1.165) is 11.3 Å². The molecule has 1 N–H and O–H groups in total. The molecule has 1 atom stereocenters. The molecule has 2 aliphatic heterocycles. The molecule has 5 rings (SSSR count). The number of anilines is 2. The Labute approximate surface area is 195 Å². The lowest BCUT2D eigenvalue weighted by atomic mass is 9.74. The van der Waals surface area contributed by atoms with Gasteiger partial charge in [-0.25, -0.2) is 0 Å². The number of carbonyl (C=O) groups excluding carboxylic acids is 2. The van der Waals surface area contributed by atoms with Gasteiger partial charge in [-0.05, 0) is 48.5 Å². The number of halogens is 2. The summed E-state index contributed by atoms with van der Waals surface area (Å²) in [5.41, 5.74) is 1.39. The number of hydrogen-bond acceptors (Lipinski definition) is 3. The zero-order valence-electron chi connectivity index (χ0n) is 16.8. The third-order valence-electron chi connectivity index (χ3n) is 5.73. The van der Waals surface area contributed by atoms with Crippen LogP contribution in [0.15, 0.2) is 78.4 Å². The average Bonchev–Trinajstić information content (AvgIpc) is 2.77. The summed E-state index contributed by atoms with van der Waals surface area (Å²) in [7, 11) is 0. The zero-order valence-corrected chi connectivity index (χ0v) is 18.4. The SMILES string of the molecule is O=C1CC(C(=O)Nc2cccc(Cl)c2)(C2=Cc3ccccc3OC2)N1c1cccc(Cl)c1. The van der Waals surface area contributed by atoms with Crippen LogP contribution < -0.4 is 15.0 Å². The smallest absolute Gasteiger partial charge is 0.255 e. The minimum Gasteiger partial charge on any atom is -0.489 e. The van der Waals surface area contributed by atoms with Crippen molar-refractivity contribution in [1.82, 2.24) is 0 Å². The summed E-state index contributed by atoms with van der Waals surface area (Å²) in [6.07, 6.45) is 1.95. The van der Waals surface area contributed by atoms with Gasteiger partial charge in [-0.3, -0.25) is 14.5 Å². The van der Waals surface area contributed by atoms with Gasteiger partial charge < -0.3 is 10.1 Å². The van der Waals surface area contributed by atoms with E-state index >= 15 is 0 Å². The van der Waals surface area contributed by atoms with Crippen molar-refractivity contribution in [3.05, 3.63) is 94.0 Å². The summed E-state index contributed by atoms with van der Waals surface area (Å²) >= 11 is 12.3. The number of β-lactam (4-membered cyclic amide) rings is 1. The molecule has 0 aliphatic carbocycles. The molecule has 2 heterocycles. The van der Waals surface area contributed by atoms with Gasteiger partial charge in [0.2, 0.25) is 5.91 Å². The average molecular weight is 465 g/mol. The molecule has 0 aromatic heterocycles. The molecule has 0 radical (unpaired) electrons. The maximum atomic E-state index is 13.8. The number of para-hydroxylation sites is 1. The molecule has 0 saturated carbocycles. The van der Waals surface area contributed by atoms with E-state index in [2.05, 4.69) is 5.32 Å². The van der Waals surface area contributed by atoms with Crippen LogP contribution in [0.1, 0.15) is 12.0 Å². The molecule has 5 nitrogen and oxygen atoms in total. The van der Waals surface area contributed by atoms with E-state index in [1.165, 1.54) is 4.90 Å². The summed E-state index contributed by atoms with van der Waals surface area (Å²) in [5.74, 6) is 0.225. The number of benzene rings is 3. The van der Waals surface area contributed by atoms with Crippen LogP contribution in [-0.4, -0.2) is 24.0 Å². The number of hydrogen-bond donors (Lipinski definition) is 1. The van der Waals surface area contributed by atoms with Gasteiger partial charge in [-0.15, -0.1) is 0 Å². The summed E-state index contributed by atoms with van der Waals surface area (Å²) in [4.78, 5) is 28.1. The van der Waals surface area contributed by atoms with Gasteiger partial charge in [-0.2, -0.15) is 0 Å². The second-order valence-electron chi connectivity index (χ2n) is 7.71.